The lowest BCUT2D eigenvalue weighted by Crippen LogP contribution is -2.33. The second-order valence-corrected chi connectivity index (χ2v) is 4.76. The largest absolute Gasteiger partial charge is 0.368 e. The van der Waals surface area contributed by atoms with Gasteiger partial charge in [-0.15, -0.1) is 0 Å². The second-order valence-electron chi connectivity index (χ2n) is 4.76. The average Bonchev–Trinajstić information content (AvgIpc) is 2.48. The molecule has 0 amide bonds. The maximum Gasteiger partial charge on any atom is 0.146 e. The fraction of sp³-hybridized carbons (Fsp3) is 0.250. The summed E-state index contributed by atoms with van der Waals surface area (Å²) in [5, 5.41) is 0. The van der Waals surface area contributed by atoms with E-state index in [2.05, 4.69) is 0 Å². The first-order valence-electron chi connectivity index (χ1n) is 6.73. The van der Waals surface area contributed by atoms with E-state index < -0.39 is 17.7 Å². The SMILES string of the molecule is CCN(CC(N)c1cc(F)ccc1F)c1ccccc1F. The molecule has 2 rings (SSSR count). The highest BCUT2D eigenvalue weighted by molar-refractivity contribution is 5.48. The first-order valence-corrected chi connectivity index (χ1v) is 6.73. The number of nitrogens with two attached hydrogens (primary N) is 1. The van der Waals surface area contributed by atoms with E-state index in [0.717, 1.165) is 18.2 Å². The Morgan fingerprint density at radius 2 is 1.76 bits per heavy atom. The number of hydrogen-bond donors (Lipinski definition) is 1. The monoisotopic (exact) mass is 294 g/mol. The van der Waals surface area contributed by atoms with Gasteiger partial charge in [-0.1, -0.05) is 12.1 Å². The first-order chi connectivity index (χ1) is 10.0. The van der Waals surface area contributed by atoms with Crippen molar-refractivity contribution < 1.29 is 13.2 Å². The second kappa shape index (κ2) is 6.63. The Balaban J connectivity index is 2.22. The van der Waals surface area contributed by atoms with Gasteiger partial charge in [0.25, 0.3) is 0 Å². The summed E-state index contributed by atoms with van der Waals surface area (Å²) in [4.78, 5) is 1.70. The van der Waals surface area contributed by atoms with Gasteiger partial charge in [-0.3, -0.25) is 0 Å². The number of nitrogens with zero attached hydrogens (tertiary/aromatic N) is 1. The highest BCUT2D eigenvalue weighted by atomic mass is 19.1. The number of likely N-dealkylation sites (N-methyl/N-ethyl adjacent to an activating group) is 1. The van der Waals surface area contributed by atoms with Crippen LogP contribution in [-0.2, 0) is 0 Å². The summed E-state index contributed by atoms with van der Waals surface area (Å²) in [6.45, 7) is 2.55. The molecular formula is C16H17F3N2. The Labute approximate surface area is 122 Å². The van der Waals surface area contributed by atoms with Crippen LogP contribution in [0.2, 0.25) is 0 Å². The van der Waals surface area contributed by atoms with Crippen molar-refractivity contribution in [2.24, 2.45) is 5.73 Å². The molecule has 0 bridgehead atoms. The third-order valence-electron chi connectivity index (χ3n) is 3.35. The summed E-state index contributed by atoms with van der Waals surface area (Å²) in [6.07, 6.45) is 0. The summed E-state index contributed by atoms with van der Waals surface area (Å²) < 4.78 is 40.7. The van der Waals surface area contributed by atoms with Gasteiger partial charge in [0.15, 0.2) is 0 Å². The molecular weight excluding hydrogens is 277 g/mol. The predicted molar refractivity (Wildman–Crippen MR) is 77.6 cm³/mol. The molecule has 2 N–H and O–H groups in total. The molecule has 21 heavy (non-hydrogen) atoms. The molecule has 0 heterocycles. The maximum atomic E-state index is 13.8. The standard InChI is InChI=1S/C16H17F3N2/c1-2-21(16-6-4-3-5-14(16)19)10-15(20)12-9-11(17)7-8-13(12)18/h3-9,15H,2,10,20H2,1H3. The molecule has 0 fully saturated rings. The van der Waals surface area contributed by atoms with E-state index in [0.29, 0.717) is 12.2 Å². The lowest BCUT2D eigenvalue weighted by molar-refractivity contribution is 0.554. The van der Waals surface area contributed by atoms with Crippen LogP contribution in [0.15, 0.2) is 42.5 Å². The number of para-hydroxylation sites is 1. The third-order valence-corrected chi connectivity index (χ3v) is 3.35. The van der Waals surface area contributed by atoms with Gasteiger partial charge in [0.2, 0.25) is 0 Å². The summed E-state index contributed by atoms with van der Waals surface area (Å²) >= 11 is 0. The smallest absolute Gasteiger partial charge is 0.146 e. The summed E-state index contributed by atoms with van der Waals surface area (Å²) in [7, 11) is 0. The molecule has 1 unspecified atom stereocenters. The van der Waals surface area contributed by atoms with Gasteiger partial charge >= 0.3 is 0 Å². The van der Waals surface area contributed by atoms with Crippen LogP contribution in [0.3, 0.4) is 0 Å². The van der Waals surface area contributed by atoms with Crippen LogP contribution in [0.1, 0.15) is 18.5 Å². The molecule has 0 spiro atoms. The Hall–Kier alpha value is -2.01. The number of rotatable bonds is 5. The molecule has 112 valence electrons. The van der Waals surface area contributed by atoms with Crippen LogP contribution < -0.4 is 10.6 Å². The Morgan fingerprint density at radius 3 is 2.43 bits per heavy atom. The zero-order valence-corrected chi connectivity index (χ0v) is 11.7. The Bertz CT molecular complexity index is 616. The van der Waals surface area contributed by atoms with Gasteiger partial charge in [-0.25, -0.2) is 13.2 Å². The zero-order valence-electron chi connectivity index (χ0n) is 11.7. The van der Waals surface area contributed by atoms with Gasteiger partial charge in [0, 0.05) is 18.7 Å². The summed E-state index contributed by atoms with van der Waals surface area (Å²) in [5.74, 6) is -1.48. The van der Waals surface area contributed by atoms with E-state index in [4.69, 9.17) is 5.73 Å². The maximum absolute atomic E-state index is 13.8. The predicted octanol–water partition coefficient (Wildman–Crippen LogP) is 3.63. The molecule has 0 aliphatic carbocycles. The number of benzene rings is 2. The third kappa shape index (κ3) is 3.55. The van der Waals surface area contributed by atoms with Gasteiger partial charge in [0.05, 0.1) is 11.7 Å². The fourth-order valence-electron chi connectivity index (χ4n) is 2.24. The highest BCUT2D eigenvalue weighted by Crippen LogP contribution is 2.23. The quantitative estimate of drug-likeness (QED) is 0.912. The van der Waals surface area contributed by atoms with Gasteiger partial charge in [0.1, 0.15) is 17.5 Å². The summed E-state index contributed by atoms with van der Waals surface area (Å²) in [6, 6.07) is 8.72. The van der Waals surface area contributed by atoms with Crippen LogP contribution in [0.25, 0.3) is 0 Å². The minimum atomic E-state index is -0.750. The van der Waals surface area contributed by atoms with Crippen LogP contribution in [0.4, 0.5) is 18.9 Å². The zero-order chi connectivity index (χ0) is 15.4. The topological polar surface area (TPSA) is 29.3 Å². The molecule has 5 heteroatoms. The van der Waals surface area contributed by atoms with Crippen LogP contribution in [0.5, 0.6) is 0 Å². The molecule has 0 aromatic heterocycles. The number of hydrogen-bond acceptors (Lipinski definition) is 2. The van der Waals surface area contributed by atoms with Crippen molar-refractivity contribution in [1.29, 1.82) is 0 Å². The van der Waals surface area contributed by atoms with Crippen molar-refractivity contribution in [3.8, 4) is 0 Å². The molecule has 1 atom stereocenters. The van der Waals surface area contributed by atoms with Crippen LogP contribution in [-0.4, -0.2) is 13.1 Å². The van der Waals surface area contributed by atoms with Crippen molar-refractivity contribution in [3.63, 3.8) is 0 Å². The molecule has 0 aliphatic heterocycles. The molecule has 2 nitrogen and oxygen atoms in total. The van der Waals surface area contributed by atoms with E-state index >= 15 is 0 Å². The van der Waals surface area contributed by atoms with E-state index in [1.807, 2.05) is 6.92 Å². The van der Waals surface area contributed by atoms with Crippen molar-refractivity contribution >= 4 is 5.69 Å². The number of halogens is 3. The van der Waals surface area contributed by atoms with Gasteiger partial charge in [-0.05, 0) is 37.3 Å². The van der Waals surface area contributed by atoms with Gasteiger partial charge in [-0.2, -0.15) is 0 Å². The van der Waals surface area contributed by atoms with E-state index in [-0.39, 0.29) is 17.9 Å². The first kappa shape index (κ1) is 15.4. The molecule has 0 saturated carbocycles. The molecule has 0 saturated heterocycles. The minimum Gasteiger partial charge on any atom is -0.368 e. The highest BCUT2D eigenvalue weighted by Gasteiger charge is 2.17. The molecule has 0 radical (unpaired) electrons. The average molecular weight is 294 g/mol. The lowest BCUT2D eigenvalue weighted by atomic mass is 10.1. The summed E-state index contributed by atoms with van der Waals surface area (Å²) in [5.41, 5.74) is 6.44. The number of anilines is 1. The van der Waals surface area contributed by atoms with E-state index in [9.17, 15) is 13.2 Å². The molecule has 2 aromatic rings. The fourth-order valence-corrected chi connectivity index (χ4v) is 2.24. The lowest BCUT2D eigenvalue weighted by Gasteiger charge is -2.27. The Kier molecular flexibility index (Phi) is 4.85. The van der Waals surface area contributed by atoms with Crippen LogP contribution in [0, 0.1) is 17.5 Å². The minimum absolute atomic E-state index is 0.0878. The van der Waals surface area contributed by atoms with E-state index in [1.54, 1.807) is 23.1 Å². The van der Waals surface area contributed by atoms with Crippen molar-refractivity contribution in [2.45, 2.75) is 13.0 Å². The van der Waals surface area contributed by atoms with Crippen LogP contribution >= 0.6 is 0 Å². The van der Waals surface area contributed by atoms with Crippen molar-refractivity contribution in [3.05, 3.63) is 65.5 Å². The van der Waals surface area contributed by atoms with Crippen molar-refractivity contribution in [1.82, 2.24) is 0 Å². The van der Waals surface area contributed by atoms with Crippen molar-refractivity contribution in [2.75, 3.05) is 18.0 Å². The molecule has 2 aromatic carbocycles. The molecule has 0 aliphatic rings. The van der Waals surface area contributed by atoms with Gasteiger partial charge < -0.3 is 10.6 Å². The Morgan fingerprint density at radius 1 is 1.05 bits per heavy atom. The normalized spacial score (nSPS) is 12.2. The van der Waals surface area contributed by atoms with E-state index in [1.165, 1.54) is 6.07 Å².